The largest absolute Gasteiger partial charge is 0.392 e. The summed E-state index contributed by atoms with van der Waals surface area (Å²) in [6.45, 7) is 13.9. The average Bonchev–Trinajstić information content (AvgIpc) is 1.82. The third-order valence-corrected chi connectivity index (χ3v) is 2.14. The van der Waals surface area contributed by atoms with Crippen molar-refractivity contribution in [2.24, 2.45) is 11.3 Å². The molecular weight excluding hydrogens is 136 g/mol. The standard InChI is InChI=1S/C10H20O/c1-7(2)8(3)9(11)10(4,5)6/h8-9,11H,1H2,2-6H3/t8-,9+/m0/s1. The molecule has 0 aromatic heterocycles. The molecule has 0 aliphatic carbocycles. The second-order valence-electron chi connectivity index (χ2n) is 4.45. The van der Waals surface area contributed by atoms with E-state index in [-0.39, 0.29) is 17.4 Å². The minimum atomic E-state index is -0.292. The molecule has 0 aliphatic heterocycles. The Morgan fingerprint density at radius 3 is 1.82 bits per heavy atom. The lowest BCUT2D eigenvalue weighted by molar-refractivity contribution is 0.0303. The van der Waals surface area contributed by atoms with Gasteiger partial charge in [0.1, 0.15) is 0 Å². The predicted molar refractivity (Wildman–Crippen MR) is 49.4 cm³/mol. The molecule has 0 aromatic carbocycles. The summed E-state index contributed by atoms with van der Waals surface area (Å²) in [5.74, 6) is 0.190. The first-order valence-electron chi connectivity index (χ1n) is 4.10. The fourth-order valence-electron chi connectivity index (χ4n) is 1.02. The van der Waals surface area contributed by atoms with Crippen molar-refractivity contribution in [2.45, 2.75) is 40.7 Å². The highest BCUT2D eigenvalue weighted by atomic mass is 16.3. The Balaban J connectivity index is 4.25. The van der Waals surface area contributed by atoms with Gasteiger partial charge in [-0.3, -0.25) is 0 Å². The van der Waals surface area contributed by atoms with Crippen LogP contribution in [0.2, 0.25) is 0 Å². The monoisotopic (exact) mass is 156 g/mol. The summed E-state index contributed by atoms with van der Waals surface area (Å²) >= 11 is 0. The highest BCUT2D eigenvalue weighted by Crippen LogP contribution is 2.28. The normalized spacial score (nSPS) is 17.6. The van der Waals surface area contributed by atoms with Crippen molar-refractivity contribution in [3.05, 3.63) is 12.2 Å². The molecule has 0 unspecified atom stereocenters. The van der Waals surface area contributed by atoms with Crippen molar-refractivity contribution in [1.82, 2.24) is 0 Å². The van der Waals surface area contributed by atoms with Gasteiger partial charge in [-0.1, -0.05) is 39.8 Å². The zero-order valence-electron chi connectivity index (χ0n) is 8.31. The van der Waals surface area contributed by atoms with Crippen LogP contribution in [0.3, 0.4) is 0 Å². The summed E-state index contributed by atoms with van der Waals surface area (Å²) in [7, 11) is 0. The van der Waals surface area contributed by atoms with Crippen molar-refractivity contribution >= 4 is 0 Å². The molecule has 0 amide bonds. The van der Waals surface area contributed by atoms with E-state index in [2.05, 4.69) is 6.58 Å². The molecule has 0 heterocycles. The van der Waals surface area contributed by atoms with E-state index < -0.39 is 0 Å². The molecule has 0 rings (SSSR count). The van der Waals surface area contributed by atoms with Gasteiger partial charge in [-0.2, -0.15) is 0 Å². The zero-order chi connectivity index (χ0) is 9.23. The second-order valence-corrected chi connectivity index (χ2v) is 4.45. The Kier molecular flexibility index (Phi) is 3.30. The minimum absolute atomic E-state index is 0.0433. The molecular formula is C10H20O. The van der Waals surface area contributed by atoms with Gasteiger partial charge in [0.2, 0.25) is 0 Å². The molecule has 0 fully saturated rings. The molecule has 0 bridgehead atoms. The number of hydrogen-bond acceptors (Lipinski definition) is 1. The predicted octanol–water partition coefficient (Wildman–Crippen LogP) is 2.61. The van der Waals surface area contributed by atoms with Crippen LogP contribution in [0.4, 0.5) is 0 Å². The Morgan fingerprint density at radius 1 is 1.36 bits per heavy atom. The summed E-state index contributed by atoms with van der Waals surface area (Å²) in [6, 6.07) is 0. The van der Waals surface area contributed by atoms with Gasteiger partial charge >= 0.3 is 0 Å². The van der Waals surface area contributed by atoms with Crippen molar-refractivity contribution in [3.8, 4) is 0 Å². The lowest BCUT2D eigenvalue weighted by Crippen LogP contribution is -2.32. The summed E-state index contributed by atoms with van der Waals surface area (Å²) in [6.07, 6.45) is -0.292. The molecule has 1 nitrogen and oxygen atoms in total. The quantitative estimate of drug-likeness (QED) is 0.609. The third-order valence-electron chi connectivity index (χ3n) is 2.14. The van der Waals surface area contributed by atoms with E-state index in [4.69, 9.17) is 0 Å². The van der Waals surface area contributed by atoms with E-state index in [0.29, 0.717) is 0 Å². The Hall–Kier alpha value is -0.300. The van der Waals surface area contributed by atoms with Crippen LogP contribution in [0.5, 0.6) is 0 Å². The van der Waals surface area contributed by atoms with Crippen molar-refractivity contribution in [3.63, 3.8) is 0 Å². The fourth-order valence-corrected chi connectivity index (χ4v) is 1.02. The van der Waals surface area contributed by atoms with Crippen molar-refractivity contribution < 1.29 is 5.11 Å². The summed E-state index contributed by atoms with van der Waals surface area (Å²) in [5.41, 5.74) is 1.01. The fraction of sp³-hybridized carbons (Fsp3) is 0.800. The first-order chi connectivity index (χ1) is 4.76. The van der Waals surface area contributed by atoms with E-state index in [9.17, 15) is 5.11 Å². The molecule has 0 aliphatic rings. The van der Waals surface area contributed by atoms with Crippen LogP contribution in [-0.4, -0.2) is 11.2 Å². The van der Waals surface area contributed by atoms with Gasteiger partial charge in [0.05, 0.1) is 6.10 Å². The smallest absolute Gasteiger partial charge is 0.0650 e. The molecule has 1 N–H and O–H groups in total. The maximum atomic E-state index is 9.76. The SMILES string of the molecule is C=C(C)[C@H](C)[C@@H](O)C(C)(C)C. The van der Waals surface area contributed by atoms with Gasteiger partial charge in [-0.25, -0.2) is 0 Å². The molecule has 66 valence electrons. The number of rotatable bonds is 2. The van der Waals surface area contributed by atoms with Crippen molar-refractivity contribution in [2.75, 3.05) is 0 Å². The molecule has 1 heteroatoms. The van der Waals surface area contributed by atoms with Gasteiger partial charge in [0.15, 0.2) is 0 Å². The first-order valence-corrected chi connectivity index (χ1v) is 4.10. The van der Waals surface area contributed by atoms with Gasteiger partial charge in [-0.15, -0.1) is 0 Å². The molecule has 0 spiro atoms. The van der Waals surface area contributed by atoms with Crippen LogP contribution in [0.25, 0.3) is 0 Å². The van der Waals surface area contributed by atoms with Crippen LogP contribution < -0.4 is 0 Å². The molecule has 2 atom stereocenters. The van der Waals surface area contributed by atoms with E-state index in [0.717, 1.165) is 5.57 Å². The number of aliphatic hydroxyl groups excluding tert-OH is 1. The van der Waals surface area contributed by atoms with Gasteiger partial charge < -0.3 is 5.11 Å². The topological polar surface area (TPSA) is 20.2 Å². The summed E-state index contributed by atoms with van der Waals surface area (Å²) in [5, 5.41) is 9.76. The third kappa shape index (κ3) is 3.06. The van der Waals surface area contributed by atoms with Gasteiger partial charge in [0, 0.05) is 5.92 Å². The average molecular weight is 156 g/mol. The molecule has 0 saturated heterocycles. The zero-order valence-corrected chi connectivity index (χ0v) is 8.31. The lowest BCUT2D eigenvalue weighted by atomic mass is 9.80. The van der Waals surface area contributed by atoms with Crippen LogP contribution in [0.1, 0.15) is 34.6 Å². The van der Waals surface area contributed by atoms with Crippen molar-refractivity contribution in [1.29, 1.82) is 0 Å². The number of hydrogen-bond donors (Lipinski definition) is 1. The minimum Gasteiger partial charge on any atom is -0.392 e. The lowest BCUT2D eigenvalue weighted by Gasteiger charge is -2.31. The van der Waals surface area contributed by atoms with Gasteiger partial charge in [-0.05, 0) is 12.3 Å². The van der Waals surface area contributed by atoms with E-state index in [1.54, 1.807) is 0 Å². The second kappa shape index (κ2) is 3.40. The Morgan fingerprint density at radius 2 is 1.73 bits per heavy atom. The Labute approximate surface area is 70.1 Å². The molecule has 11 heavy (non-hydrogen) atoms. The van der Waals surface area contributed by atoms with Gasteiger partial charge in [0.25, 0.3) is 0 Å². The van der Waals surface area contributed by atoms with Crippen LogP contribution >= 0.6 is 0 Å². The molecule has 0 radical (unpaired) electrons. The summed E-state index contributed by atoms with van der Waals surface area (Å²) < 4.78 is 0. The highest BCUT2D eigenvalue weighted by Gasteiger charge is 2.27. The highest BCUT2D eigenvalue weighted by molar-refractivity contribution is 4.99. The molecule has 0 saturated carbocycles. The van der Waals surface area contributed by atoms with E-state index in [1.807, 2.05) is 34.6 Å². The first kappa shape index (κ1) is 10.7. The summed E-state index contributed by atoms with van der Waals surface area (Å²) in [4.78, 5) is 0. The maximum Gasteiger partial charge on any atom is 0.0650 e. The van der Waals surface area contributed by atoms with Crippen LogP contribution in [0.15, 0.2) is 12.2 Å². The van der Waals surface area contributed by atoms with E-state index in [1.165, 1.54) is 0 Å². The number of aliphatic hydroxyl groups is 1. The molecule has 0 aromatic rings. The Bertz CT molecular complexity index is 141. The van der Waals surface area contributed by atoms with E-state index >= 15 is 0 Å². The van der Waals surface area contributed by atoms with Crippen LogP contribution in [-0.2, 0) is 0 Å². The van der Waals surface area contributed by atoms with Crippen LogP contribution in [0, 0.1) is 11.3 Å². The maximum absolute atomic E-state index is 9.76.